The molecule has 0 aliphatic carbocycles. The van der Waals surface area contributed by atoms with Crippen molar-refractivity contribution in [2.24, 2.45) is 0 Å². The van der Waals surface area contributed by atoms with Crippen molar-refractivity contribution < 1.29 is 9.53 Å². The average Bonchev–Trinajstić information content (AvgIpc) is 2.91. The zero-order valence-electron chi connectivity index (χ0n) is 13.6. The molecule has 5 heteroatoms. The molecule has 4 rings (SSSR count). The Morgan fingerprint density at radius 3 is 2.62 bits per heavy atom. The molecule has 0 radical (unpaired) electrons. The van der Waals surface area contributed by atoms with Gasteiger partial charge in [0.1, 0.15) is 5.75 Å². The first-order valence-corrected chi connectivity index (χ1v) is 7.53. The zero-order chi connectivity index (χ0) is 16.1. The molecule has 2 aromatic heterocycles. The molecule has 1 N–H and O–H groups in total. The third-order valence-electron chi connectivity index (χ3n) is 4.41. The summed E-state index contributed by atoms with van der Waals surface area (Å²) >= 11 is 0. The van der Waals surface area contributed by atoms with Crippen LogP contribution in [0.5, 0.6) is 5.75 Å². The molecule has 0 fully saturated rings. The lowest BCUT2D eigenvalue weighted by Crippen LogP contribution is -2.00. The largest absolute Gasteiger partial charge is 0.427 e. The van der Waals surface area contributed by atoms with E-state index in [0.717, 1.165) is 27.2 Å². The van der Waals surface area contributed by atoms with Crippen LogP contribution in [-0.2, 0) is 4.79 Å². The molecule has 2 aromatic carbocycles. The van der Waals surface area contributed by atoms with Gasteiger partial charge in [-0.25, -0.2) is 0 Å². The van der Waals surface area contributed by atoms with Crippen LogP contribution < -0.4 is 4.74 Å². The predicted octanol–water partition coefficient (Wildman–Crippen LogP) is 4.83. The molecule has 0 bridgehead atoms. The van der Waals surface area contributed by atoms with Crippen LogP contribution >= 0.6 is 12.4 Å². The predicted molar refractivity (Wildman–Crippen MR) is 99.1 cm³/mol. The normalized spacial score (nSPS) is 11.0. The number of pyridine rings is 1. The number of aryl methyl sites for hydroxylation is 2. The third kappa shape index (κ3) is 2.31. The minimum Gasteiger partial charge on any atom is -0.427 e. The molecule has 122 valence electrons. The second kappa shape index (κ2) is 5.80. The van der Waals surface area contributed by atoms with E-state index in [1.807, 2.05) is 36.7 Å². The molecule has 0 amide bonds. The number of hydrogen-bond acceptors (Lipinski definition) is 3. The second-order valence-corrected chi connectivity index (χ2v) is 5.85. The Kier molecular flexibility index (Phi) is 3.93. The van der Waals surface area contributed by atoms with Crippen LogP contribution in [0.15, 0.2) is 36.7 Å². The van der Waals surface area contributed by atoms with Crippen LogP contribution in [-0.4, -0.2) is 15.9 Å². The summed E-state index contributed by atoms with van der Waals surface area (Å²) in [6.45, 7) is 5.64. The van der Waals surface area contributed by atoms with Gasteiger partial charge in [-0.2, -0.15) is 0 Å². The van der Waals surface area contributed by atoms with Gasteiger partial charge in [-0.15, -0.1) is 12.4 Å². The Labute approximate surface area is 145 Å². The molecular formula is C19H17ClN2O2. The first-order chi connectivity index (χ1) is 11.1. The molecule has 24 heavy (non-hydrogen) atoms. The van der Waals surface area contributed by atoms with E-state index in [2.05, 4.69) is 23.8 Å². The van der Waals surface area contributed by atoms with E-state index >= 15 is 0 Å². The molecule has 0 saturated heterocycles. The average molecular weight is 341 g/mol. The highest BCUT2D eigenvalue weighted by atomic mass is 35.5. The number of nitrogens with zero attached hydrogens (tertiary/aromatic N) is 1. The van der Waals surface area contributed by atoms with E-state index in [1.54, 1.807) is 0 Å². The number of hydrogen-bond donors (Lipinski definition) is 1. The minimum absolute atomic E-state index is 0. The smallest absolute Gasteiger partial charge is 0.308 e. The van der Waals surface area contributed by atoms with Crippen molar-refractivity contribution in [1.82, 2.24) is 9.97 Å². The van der Waals surface area contributed by atoms with E-state index in [1.165, 1.54) is 23.4 Å². The molecule has 0 unspecified atom stereocenters. The summed E-state index contributed by atoms with van der Waals surface area (Å²) in [6.07, 6.45) is 3.73. The van der Waals surface area contributed by atoms with Gasteiger partial charge in [0, 0.05) is 41.0 Å². The number of esters is 1. The Hall–Kier alpha value is -2.59. The molecule has 4 aromatic rings. The highest BCUT2D eigenvalue weighted by molar-refractivity contribution is 6.16. The SMILES string of the molecule is CC(=O)Oc1ccc2[nH]c3c(C)c4ccncc4c(C)c3c2c1.Cl. The standard InChI is InChI=1S/C19H16N2O2.ClH/c1-10-16-9-20-7-6-14(16)11(2)19-18(10)15-8-13(23-12(3)22)4-5-17(15)21-19;/h4-9,21H,1-3H3;1H. The fourth-order valence-corrected chi connectivity index (χ4v) is 3.36. The van der Waals surface area contributed by atoms with Gasteiger partial charge in [0.25, 0.3) is 0 Å². The quantitative estimate of drug-likeness (QED) is 0.398. The summed E-state index contributed by atoms with van der Waals surface area (Å²) in [4.78, 5) is 19.0. The van der Waals surface area contributed by atoms with Crippen molar-refractivity contribution in [1.29, 1.82) is 0 Å². The lowest BCUT2D eigenvalue weighted by molar-refractivity contribution is -0.131. The molecular weight excluding hydrogens is 324 g/mol. The van der Waals surface area contributed by atoms with Crippen molar-refractivity contribution in [3.63, 3.8) is 0 Å². The number of aromatic amines is 1. The third-order valence-corrected chi connectivity index (χ3v) is 4.41. The lowest BCUT2D eigenvalue weighted by atomic mass is 9.97. The van der Waals surface area contributed by atoms with Crippen molar-refractivity contribution >= 4 is 51.0 Å². The van der Waals surface area contributed by atoms with E-state index in [4.69, 9.17) is 4.74 Å². The van der Waals surface area contributed by atoms with Crippen molar-refractivity contribution in [2.45, 2.75) is 20.8 Å². The number of carbonyl (C=O) groups is 1. The topological polar surface area (TPSA) is 55.0 Å². The summed E-state index contributed by atoms with van der Waals surface area (Å²) in [5, 5.41) is 4.57. The molecule has 0 spiro atoms. The summed E-state index contributed by atoms with van der Waals surface area (Å²) in [5.74, 6) is 0.251. The first-order valence-electron chi connectivity index (χ1n) is 7.53. The van der Waals surface area contributed by atoms with Crippen molar-refractivity contribution in [2.75, 3.05) is 0 Å². The first kappa shape index (κ1) is 16.3. The number of fused-ring (bicyclic) bond motifs is 4. The van der Waals surface area contributed by atoms with Crippen LogP contribution in [0.4, 0.5) is 0 Å². The van der Waals surface area contributed by atoms with E-state index in [9.17, 15) is 4.79 Å². The zero-order valence-corrected chi connectivity index (χ0v) is 14.5. The number of nitrogens with one attached hydrogen (secondary N) is 1. The molecule has 2 heterocycles. The Balaban J connectivity index is 0.00000169. The van der Waals surface area contributed by atoms with Gasteiger partial charge in [0.2, 0.25) is 0 Å². The summed E-state index contributed by atoms with van der Waals surface area (Å²) in [6, 6.07) is 7.73. The van der Waals surface area contributed by atoms with Crippen LogP contribution in [0.3, 0.4) is 0 Å². The van der Waals surface area contributed by atoms with E-state index < -0.39 is 0 Å². The van der Waals surface area contributed by atoms with Gasteiger partial charge in [-0.1, -0.05) is 0 Å². The molecule has 0 aliphatic rings. The monoisotopic (exact) mass is 340 g/mol. The molecule has 4 nitrogen and oxygen atoms in total. The fourth-order valence-electron chi connectivity index (χ4n) is 3.36. The van der Waals surface area contributed by atoms with Gasteiger partial charge >= 0.3 is 5.97 Å². The maximum absolute atomic E-state index is 11.2. The molecule has 0 aliphatic heterocycles. The van der Waals surface area contributed by atoms with Gasteiger partial charge < -0.3 is 9.72 Å². The van der Waals surface area contributed by atoms with E-state index in [-0.39, 0.29) is 18.4 Å². The number of rotatable bonds is 1. The summed E-state index contributed by atoms with van der Waals surface area (Å²) < 4.78 is 5.23. The molecule has 0 atom stereocenters. The fraction of sp³-hybridized carbons (Fsp3) is 0.158. The van der Waals surface area contributed by atoms with Crippen LogP contribution in [0.2, 0.25) is 0 Å². The number of H-pyrrole nitrogens is 1. The number of ether oxygens (including phenoxy) is 1. The molecule has 0 saturated carbocycles. The van der Waals surface area contributed by atoms with Gasteiger partial charge in [0.05, 0.1) is 5.52 Å². The number of benzene rings is 2. The van der Waals surface area contributed by atoms with Crippen LogP contribution in [0.25, 0.3) is 32.6 Å². The Bertz CT molecular complexity index is 1100. The van der Waals surface area contributed by atoms with E-state index in [0.29, 0.717) is 5.75 Å². The van der Waals surface area contributed by atoms with Crippen LogP contribution in [0.1, 0.15) is 18.1 Å². The van der Waals surface area contributed by atoms with Crippen molar-refractivity contribution in [3.05, 3.63) is 47.8 Å². The number of carbonyl (C=O) groups excluding carboxylic acids is 1. The Morgan fingerprint density at radius 1 is 1.08 bits per heavy atom. The summed E-state index contributed by atoms with van der Waals surface area (Å²) in [5.41, 5.74) is 4.54. The van der Waals surface area contributed by atoms with Gasteiger partial charge in [0.15, 0.2) is 0 Å². The van der Waals surface area contributed by atoms with Gasteiger partial charge in [-0.3, -0.25) is 9.78 Å². The number of halogens is 1. The maximum Gasteiger partial charge on any atom is 0.308 e. The van der Waals surface area contributed by atoms with Crippen LogP contribution in [0, 0.1) is 13.8 Å². The lowest BCUT2D eigenvalue weighted by Gasteiger charge is -2.08. The minimum atomic E-state index is -0.313. The number of aromatic nitrogens is 2. The maximum atomic E-state index is 11.2. The highest BCUT2D eigenvalue weighted by Gasteiger charge is 2.14. The van der Waals surface area contributed by atoms with Crippen molar-refractivity contribution in [3.8, 4) is 5.75 Å². The van der Waals surface area contributed by atoms with Gasteiger partial charge in [-0.05, 0) is 54.6 Å². The summed E-state index contributed by atoms with van der Waals surface area (Å²) in [7, 11) is 0. The highest BCUT2D eigenvalue weighted by Crippen LogP contribution is 2.37. The Morgan fingerprint density at radius 2 is 1.88 bits per heavy atom. The second-order valence-electron chi connectivity index (χ2n) is 5.85.